The van der Waals surface area contributed by atoms with Crippen LogP contribution in [0.1, 0.15) is 38.2 Å². The van der Waals surface area contributed by atoms with Crippen molar-refractivity contribution >= 4 is 17.5 Å². The highest BCUT2D eigenvalue weighted by molar-refractivity contribution is 5.94. The first-order valence-electron chi connectivity index (χ1n) is 8.45. The standard InChI is InChI=1S/C18H24N2O3/c1-13-8-9-20(12-13)18(22)3-2-10-23-15-5-6-16-14(11-15)4-7-17(21)19-16/h5-6,11,13H,2-4,7-10,12H2,1H3,(H,19,21). The number of anilines is 1. The minimum atomic E-state index is 0.0703. The minimum Gasteiger partial charge on any atom is -0.494 e. The van der Waals surface area contributed by atoms with Gasteiger partial charge in [-0.1, -0.05) is 6.92 Å². The third-order valence-corrected chi connectivity index (χ3v) is 4.55. The smallest absolute Gasteiger partial charge is 0.224 e. The zero-order chi connectivity index (χ0) is 16.2. The molecule has 1 N–H and O–H groups in total. The van der Waals surface area contributed by atoms with Gasteiger partial charge in [0.2, 0.25) is 11.8 Å². The number of rotatable bonds is 5. The predicted molar refractivity (Wildman–Crippen MR) is 88.5 cm³/mol. The lowest BCUT2D eigenvalue weighted by Crippen LogP contribution is -2.28. The van der Waals surface area contributed by atoms with E-state index in [0.29, 0.717) is 25.4 Å². The largest absolute Gasteiger partial charge is 0.494 e. The quantitative estimate of drug-likeness (QED) is 0.850. The average Bonchev–Trinajstić information content (AvgIpc) is 2.98. The van der Waals surface area contributed by atoms with Gasteiger partial charge < -0.3 is 15.0 Å². The van der Waals surface area contributed by atoms with Gasteiger partial charge in [0.25, 0.3) is 0 Å². The summed E-state index contributed by atoms with van der Waals surface area (Å²) in [6.07, 6.45) is 3.68. The van der Waals surface area contributed by atoms with Gasteiger partial charge in [-0.2, -0.15) is 0 Å². The van der Waals surface area contributed by atoms with Crippen molar-refractivity contribution in [2.24, 2.45) is 5.92 Å². The Labute approximate surface area is 137 Å². The molecule has 124 valence electrons. The van der Waals surface area contributed by atoms with Gasteiger partial charge in [0.05, 0.1) is 6.61 Å². The molecule has 0 spiro atoms. The van der Waals surface area contributed by atoms with Gasteiger partial charge in [0, 0.05) is 31.6 Å². The van der Waals surface area contributed by atoms with Crippen molar-refractivity contribution < 1.29 is 14.3 Å². The zero-order valence-electron chi connectivity index (χ0n) is 13.6. The van der Waals surface area contributed by atoms with Crippen LogP contribution in [0.25, 0.3) is 0 Å². The highest BCUT2D eigenvalue weighted by Gasteiger charge is 2.22. The number of likely N-dealkylation sites (tertiary alicyclic amines) is 1. The topological polar surface area (TPSA) is 58.6 Å². The number of carbonyl (C=O) groups is 2. The Hall–Kier alpha value is -2.04. The van der Waals surface area contributed by atoms with E-state index in [0.717, 1.165) is 49.4 Å². The van der Waals surface area contributed by atoms with Crippen molar-refractivity contribution in [1.82, 2.24) is 4.90 Å². The van der Waals surface area contributed by atoms with Gasteiger partial charge in [-0.3, -0.25) is 9.59 Å². The van der Waals surface area contributed by atoms with E-state index in [1.54, 1.807) is 0 Å². The molecule has 5 heteroatoms. The molecule has 1 aromatic carbocycles. The summed E-state index contributed by atoms with van der Waals surface area (Å²) in [6.45, 7) is 4.53. The molecule has 5 nitrogen and oxygen atoms in total. The van der Waals surface area contributed by atoms with Crippen molar-refractivity contribution in [2.45, 2.75) is 39.0 Å². The van der Waals surface area contributed by atoms with Crippen LogP contribution in [-0.2, 0) is 16.0 Å². The minimum absolute atomic E-state index is 0.0703. The molecule has 1 unspecified atom stereocenters. The second kappa shape index (κ2) is 7.02. The molecule has 2 aliphatic rings. The molecule has 3 rings (SSSR count). The van der Waals surface area contributed by atoms with Crippen LogP contribution in [0.4, 0.5) is 5.69 Å². The highest BCUT2D eigenvalue weighted by Crippen LogP contribution is 2.27. The Morgan fingerprint density at radius 2 is 2.26 bits per heavy atom. The molecule has 2 heterocycles. The fourth-order valence-corrected chi connectivity index (χ4v) is 3.18. The summed E-state index contributed by atoms with van der Waals surface area (Å²) in [4.78, 5) is 25.4. The number of fused-ring (bicyclic) bond motifs is 1. The summed E-state index contributed by atoms with van der Waals surface area (Å²) < 4.78 is 5.75. The molecule has 1 saturated heterocycles. The molecule has 0 radical (unpaired) electrons. The number of hydrogen-bond donors (Lipinski definition) is 1. The molecule has 0 bridgehead atoms. The first kappa shape index (κ1) is 15.8. The van der Waals surface area contributed by atoms with Crippen molar-refractivity contribution in [3.63, 3.8) is 0 Å². The fraction of sp³-hybridized carbons (Fsp3) is 0.556. The molecule has 2 aliphatic heterocycles. The molecule has 0 aliphatic carbocycles. The van der Waals surface area contributed by atoms with E-state index in [-0.39, 0.29) is 11.8 Å². The van der Waals surface area contributed by atoms with Crippen molar-refractivity contribution in [3.05, 3.63) is 23.8 Å². The van der Waals surface area contributed by atoms with Crippen molar-refractivity contribution in [2.75, 3.05) is 25.0 Å². The number of ether oxygens (including phenoxy) is 1. The van der Waals surface area contributed by atoms with E-state index in [2.05, 4.69) is 12.2 Å². The summed E-state index contributed by atoms with van der Waals surface area (Å²) >= 11 is 0. The van der Waals surface area contributed by atoms with E-state index < -0.39 is 0 Å². The van der Waals surface area contributed by atoms with E-state index >= 15 is 0 Å². The lowest BCUT2D eigenvalue weighted by Gasteiger charge is -2.18. The second-order valence-electron chi connectivity index (χ2n) is 6.55. The molecule has 23 heavy (non-hydrogen) atoms. The van der Waals surface area contributed by atoms with E-state index in [4.69, 9.17) is 4.74 Å². The van der Waals surface area contributed by atoms with E-state index in [1.807, 2.05) is 23.1 Å². The molecular weight excluding hydrogens is 292 g/mol. The van der Waals surface area contributed by atoms with Gasteiger partial charge in [0.15, 0.2) is 0 Å². The maximum atomic E-state index is 12.1. The number of nitrogens with one attached hydrogen (secondary N) is 1. The van der Waals surface area contributed by atoms with Crippen LogP contribution in [-0.4, -0.2) is 36.4 Å². The third kappa shape index (κ3) is 4.03. The van der Waals surface area contributed by atoms with Crippen LogP contribution in [0.3, 0.4) is 0 Å². The molecule has 1 fully saturated rings. The van der Waals surface area contributed by atoms with Crippen LogP contribution < -0.4 is 10.1 Å². The Morgan fingerprint density at radius 3 is 3.04 bits per heavy atom. The number of aryl methyl sites for hydroxylation is 1. The van der Waals surface area contributed by atoms with Gasteiger partial charge in [0.1, 0.15) is 5.75 Å². The Morgan fingerprint density at radius 1 is 1.39 bits per heavy atom. The molecule has 0 saturated carbocycles. The maximum Gasteiger partial charge on any atom is 0.224 e. The highest BCUT2D eigenvalue weighted by atomic mass is 16.5. The Bertz CT molecular complexity index is 600. The lowest BCUT2D eigenvalue weighted by atomic mass is 10.0. The normalized spacial score (nSPS) is 20.1. The van der Waals surface area contributed by atoms with Crippen LogP contribution in [0, 0.1) is 5.92 Å². The summed E-state index contributed by atoms with van der Waals surface area (Å²) in [5.41, 5.74) is 2.00. The number of hydrogen-bond acceptors (Lipinski definition) is 3. The molecule has 2 amide bonds. The van der Waals surface area contributed by atoms with Crippen LogP contribution in [0.15, 0.2) is 18.2 Å². The van der Waals surface area contributed by atoms with Gasteiger partial charge >= 0.3 is 0 Å². The summed E-state index contributed by atoms with van der Waals surface area (Å²) in [5, 5.41) is 2.86. The monoisotopic (exact) mass is 316 g/mol. The summed E-state index contributed by atoms with van der Waals surface area (Å²) in [5.74, 6) is 1.75. The first-order valence-corrected chi connectivity index (χ1v) is 8.45. The predicted octanol–water partition coefficient (Wildman–Crippen LogP) is 2.60. The number of carbonyl (C=O) groups excluding carboxylic acids is 2. The van der Waals surface area contributed by atoms with Crippen LogP contribution in [0.5, 0.6) is 5.75 Å². The SMILES string of the molecule is CC1CCN(C(=O)CCCOc2ccc3c(c2)CCC(=O)N3)C1. The van der Waals surface area contributed by atoms with E-state index in [9.17, 15) is 9.59 Å². The fourth-order valence-electron chi connectivity index (χ4n) is 3.18. The number of benzene rings is 1. The zero-order valence-corrected chi connectivity index (χ0v) is 13.6. The lowest BCUT2D eigenvalue weighted by molar-refractivity contribution is -0.130. The number of amides is 2. The first-order chi connectivity index (χ1) is 11.1. The molecular formula is C18H24N2O3. The molecule has 1 atom stereocenters. The second-order valence-corrected chi connectivity index (χ2v) is 6.55. The summed E-state index contributed by atoms with van der Waals surface area (Å²) in [7, 11) is 0. The summed E-state index contributed by atoms with van der Waals surface area (Å²) in [6, 6.07) is 5.74. The maximum absolute atomic E-state index is 12.1. The third-order valence-electron chi connectivity index (χ3n) is 4.55. The van der Waals surface area contributed by atoms with Crippen LogP contribution >= 0.6 is 0 Å². The van der Waals surface area contributed by atoms with Gasteiger partial charge in [-0.15, -0.1) is 0 Å². The van der Waals surface area contributed by atoms with Gasteiger partial charge in [-0.25, -0.2) is 0 Å². The van der Waals surface area contributed by atoms with Crippen LogP contribution in [0.2, 0.25) is 0 Å². The van der Waals surface area contributed by atoms with E-state index in [1.165, 1.54) is 0 Å². The number of nitrogens with zero attached hydrogens (tertiary/aromatic N) is 1. The van der Waals surface area contributed by atoms with Gasteiger partial charge in [-0.05, 0) is 48.9 Å². The molecule has 0 aromatic heterocycles. The van der Waals surface area contributed by atoms with Crippen molar-refractivity contribution in [3.8, 4) is 5.75 Å². The molecule has 1 aromatic rings. The van der Waals surface area contributed by atoms with Crippen molar-refractivity contribution in [1.29, 1.82) is 0 Å². The Kier molecular flexibility index (Phi) is 4.84. The average molecular weight is 316 g/mol. The Balaban J connectivity index is 1.42.